The molecule has 1 atom stereocenters. The van der Waals surface area contributed by atoms with Gasteiger partial charge >= 0.3 is 0 Å². The highest BCUT2D eigenvalue weighted by atomic mass is 15.2. The highest BCUT2D eigenvalue weighted by Crippen LogP contribution is 2.27. The van der Waals surface area contributed by atoms with Crippen LogP contribution in [0.4, 0.5) is 0 Å². The maximum atomic E-state index is 2.71. The summed E-state index contributed by atoms with van der Waals surface area (Å²) in [5.41, 5.74) is 0.400. The van der Waals surface area contributed by atoms with Crippen LogP contribution >= 0.6 is 0 Å². The highest BCUT2D eigenvalue weighted by Gasteiger charge is 2.29. The van der Waals surface area contributed by atoms with E-state index in [1.54, 1.807) is 0 Å². The van der Waals surface area contributed by atoms with E-state index in [2.05, 4.69) is 44.7 Å². The molecule has 0 radical (unpaired) electrons. The third-order valence-corrected chi connectivity index (χ3v) is 4.22. The minimum atomic E-state index is 0.400. The van der Waals surface area contributed by atoms with Crippen molar-refractivity contribution in [2.24, 2.45) is 5.92 Å². The van der Waals surface area contributed by atoms with Crippen molar-refractivity contribution < 1.29 is 0 Å². The van der Waals surface area contributed by atoms with Crippen molar-refractivity contribution in [1.82, 2.24) is 9.80 Å². The van der Waals surface area contributed by atoms with Crippen LogP contribution in [0.1, 0.15) is 46.5 Å². The molecule has 0 amide bonds. The van der Waals surface area contributed by atoms with Gasteiger partial charge in [0.2, 0.25) is 0 Å². The Hall–Kier alpha value is -0.0800. The summed E-state index contributed by atoms with van der Waals surface area (Å²) in [4.78, 5) is 5.01. The molecule has 2 heteroatoms. The summed E-state index contributed by atoms with van der Waals surface area (Å²) in [6, 6.07) is 0. The molecule has 0 aromatic heterocycles. The van der Waals surface area contributed by atoms with E-state index in [1.807, 2.05) is 0 Å². The van der Waals surface area contributed by atoms with Gasteiger partial charge in [-0.3, -0.25) is 4.90 Å². The summed E-state index contributed by atoms with van der Waals surface area (Å²) in [5.74, 6) is 0.918. The summed E-state index contributed by atoms with van der Waals surface area (Å²) in [6.45, 7) is 10.9. The Balaban J connectivity index is 2.41. The minimum absolute atomic E-state index is 0.400. The third kappa shape index (κ3) is 4.06. The Labute approximate surface area is 102 Å². The third-order valence-electron chi connectivity index (χ3n) is 4.22. The normalized spacial score (nSPS) is 24.0. The summed E-state index contributed by atoms with van der Waals surface area (Å²) in [5, 5.41) is 0. The Kier molecular flexibility index (Phi) is 5.26. The van der Waals surface area contributed by atoms with Gasteiger partial charge in [-0.1, -0.05) is 6.92 Å². The SMILES string of the molecule is CCC(C)(C)N1CCCC(CCN(C)C)C1. The number of nitrogens with zero attached hydrogens (tertiary/aromatic N) is 2. The monoisotopic (exact) mass is 226 g/mol. The van der Waals surface area contributed by atoms with E-state index < -0.39 is 0 Å². The van der Waals surface area contributed by atoms with Crippen molar-refractivity contribution in [2.75, 3.05) is 33.7 Å². The average Bonchev–Trinajstić information content (AvgIpc) is 2.27. The van der Waals surface area contributed by atoms with Crippen LogP contribution in [0.2, 0.25) is 0 Å². The molecule has 1 unspecified atom stereocenters. The minimum Gasteiger partial charge on any atom is -0.309 e. The zero-order valence-electron chi connectivity index (χ0n) is 11.9. The number of piperidine rings is 1. The Bertz CT molecular complexity index is 199. The average molecular weight is 226 g/mol. The molecule has 1 aliphatic heterocycles. The van der Waals surface area contributed by atoms with Crippen molar-refractivity contribution in [3.05, 3.63) is 0 Å². The molecule has 0 bridgehead atoms. The molecule has 16 heavy (non-hydrogen) atoms. The Morgan fingerprint density at radius 3 is 2.56 bits per heavy atom. The fourth-order valence-electron chi connectivity index (χ4n) is 2.51. The Morgan fingerprint density at radius 1 is 1.31 bits per heavy atom. The van der Waals surface area contributed by atoms with Crippen molar-refractivity contribution in [1.29, 1.82) is 0 Å². The van der Waals surface area contributed by atoms with Crippen LogP contribution in [0.25, 0.3) is 0 Å². The van der Waals surface area contributed by atoms with Crippen molar-refractivity contribution in [2.45, 2.75) is 52.0 Å². The van der Waals surface area contributed by atoms with Gasteiger partial charge in [0.25, 0.3) is 0 Å². The van der Waals surface area contributed by atoms with Crippen LogP contribution < -0.4 is 0 Å². The van der Waals surface area contributed by atoms with Crippen LogP contribution in [0.5, 0.6) is 0 Å². The molecule has 1 fully saturated rings. The van der Waals surface area contributed by atoms with Gasteiger partial charge in [-0.25, -0.2) is 0 Å². The van der Waals surface area contributed by atoms with Gasteiger partial charge in [-0.05, 0) is 72.6 Å². The highest BCUT2D eigenvalue weighted by molar-refractivity contribution is 4.85. The van der Waals surface area contributed by atoms with Crippen molar-refractivity contribution >= 4 is 0 Å². The van der Waals surface area contributed by atoms with E-state index in [-0.39, 0.29) is 0 Å². The van der Waals surface area contributed by atoms with Gasteiger partial charge in [0.1, 0.15) is 0 Å². The topological polar surface area (TPSA) is 6.48 Å². The second-order valence-corrected chi connectivity index (χ2v) is 6.21. The lowest BCUT2D eigenvalue weighted by molar-refractivity contribution is 0.0594. The molecule has 0 spiro atoms. The van der Waals surface area contributed by atoms with Gasteiger partial charge in [0.15, 0.2) is 0 Å². The van der Waals surface area contributed by atoms with Crippen molar-refractivity contribution in [3.8, 4) is 0 Å². The molecule has 0 aromatic carbocycles. The summed E-state index contributed by atoms with van der Waals surface area (Å²) in [6.07, 6.45) is 5.45. The van der Waals surface area contributed by atoms with E-state index in [1.165, 1.54) is 45.3 Å². The summed E-state index contributed by atoms with van der Waals surface area (Å²) in [7, 11) is 4.35. The zero-order chi connectivity index (χ0) is 12.2. The van der Waals surface area contributed by atoms with Crippen LogP contribution in [-0.2, 0) is 0 Å². The number of hydrogen-bond acceptors (Lipinski definition) is 2. The molecular formula is C14H30N2. The zero-order valence-corrected chi connectivity index (χ0v) is 11.9. The molecular weight excluding hydrogens is 196 g/mol. The van der Waals surface area contributed by atoms with Gasteiger partial charge in [-0.2, -0.15) is 0 Å². The first-order valence-electron chi connectivity index (χ1n) is 6.85. The first-order chi connectivity index (χ1) is 7.45. The van der Waals surface area contributed by atoms with E-state index in [4.69, 9.17) is 0 Å². The predicted octanol–water partition coefficient (Wildman–Crippen LogP) is 2.84. The molecule has 1 rings (SSSR count). The van der Waals surface area contributed by atoms with Crippen LogP contribution in [0.15, 0.2) is 0 Å². The lowest BCUT2D eigenvalue weighted by Crippen LogP contribution is -2.49. The second kappa shape index (κ2) is 6.02. The fourth-order valence-corrected chi connectivity index (χ4v) is 2.51. The van der Waals surface area contributed by atoms with E-state index in [0.717, 1.165) is 5.92 Å². The molecule has 2 nitrogen and oxygen atoms in total. The first kappa shape index (κ1) is 14.0. The fraction of sp³-hybridized carbons (Fsp3) is 1.00. The van der Waals surface area contributed by atoms with Gasteiger partial charge < -0.3 is 4.90 Å². The first-order valence-corrected chi connectivity index (χ1v) is 6.85. The Morgan fingerprint density at radius 2 is 2.00 bits per heavy atom. The molecule has 0 saturated carbocycles. The van der Waals surface area contributed by atoms with Crippen molar-refractivity contribution in [3.63, 3.8) is 0 Å². The summed E-state index contributed by atoms with van der Waals surface area (Å²) >= 11 is 0. The smallest absolute Gasteiger partial charge is 0.0150 e. The predicted molar refractivity (Wildman–Crippen MR) is 71.8 cm³/mol. The standard InChI is InChI=1S/C14H30N2/c1-6-14(2,3)16-10-7-8-13(12-16)9-11-15(4)5/h13H,6-12H2,1-5H3. The lowest BCUT2D eigenvalue weighted by Gasteiger charge is -2.43. The number of rotatable bonds is 5. The molecule has 0 N–H and O–H groups in total. The molecule has 1 heterocycles. The number of hydrogen-bond donors (Lipinski definition) is 0. The van der Waals surface area contributed by atoms with E-state index in [9.17, 15) is 0 Å². The number of likely N-dealkylation sites (tertiary alicyclic amines) is 1. The van der Waals surface area contributed by atoms with Gasteiger partial charge in [0.05, 0.1) is 0 Å². The van der Waals surface area contributed by atoms with E-state index in [0.29, 0.717) is 5.54 Å². The molecule has 96 valence electrons. The van der Waals surface area contributed by atoms with Gasteiger partial charge in [0, 0.05) is 12.1 Å². The van der Waals surface area contributed by atoms with Crippen LogP contribution in [0, 0.1) is 5.92 Å². The maximum Gasteiger partial charge on any atom is 0.0150 e. The second-order valence-electron chi connectivity index (χ2n) is 6.21. The molecule has 1 aliphatic rings. The largest absolute Gasteiger partial charge is 0.309 e. The van der Waals surface area contributed by atoms with Crippen LogP contribution in [-0.4, -0.2) is 49.1 Å². The summed E-state index contributed by atoms with van der Waals surface area (Å²) < 4.78 is 0. The van der Waals surface area contributed by atoms with Crippen LogP contribution in [0.3, 0.4) is 0 Å². The molecule has 0 aliphatic carbocycles. The molecule has 1 saturated heterocycles. The van der Waals surface area contributed by atoms with Gasteiger partial charge in [-0.15, -0.1) is 0 Å². The quantitative estimate of drug-likeness (QED) is 0.711. The molecule has 0 aromatic rings. The lowest BCUT2D eigenvalue weighted by atomic mass is 9.89. The van der Waals surface area contributed by atoms with E-state index >= 15 is 0 Å². The maximum absolute atomic E-state index is 2.71.